The number of rotatable bonds is 7. The molecule has 0 saturated heterocycles. The highest BCUT2D eigenvalue weighted by Gasteiger charge is 2.21. The topological polar surface area (TPSA) is 84.2 Å². The van der Waals surface area contributed by atoms with E-state index in [1.807, 2.05) is 51.1 Å². The molecule has 0 aliphatic carbocycles. The SMILES string of the molecule is CC(C)(C)C(=O)Nc1cccc(NC(=O)CCCc2ncc(-c3ccccc3)o2)c1. The van der Waals surface area contributed by atoms with E-state index in [-0.39, 0.29) is 11.8 Å². The van der Waals surface area contributed by atoms with Gasteiger partial charge in [-0.05, 0) is 24.6 Å². The van der Waals surface area contributed by atoms with Gasteiger partial charge in [0, 0.05) is 35.2 Å². The Morgan fingerprint density at radius 3 is 2.37 bits per heavy atom. The highest BCUT2D eigenvalue weighted by Crippen LogP contribution is 2.22. The molecule has 0 fully saturated rings. The highest BCUT2D eigenvalue weighted by molar-refractivity contribution is 5.96. The van der Waals surface area contributed by atoms with Crippen LogP contribution in [-0.2, 0) is 16.0 Å². The van der Waals surface area contributed by atoms with Crippen LogP contribution in [0.1, 0.15) is 39.5 Å². The van der Waals surface area contributed by atoms with Gasteiger partial charge >= 0.3 is 0 Å². The monoisotopic (exact) mass is 405 g/mol. The molecule has 6 heteroatoms. The maximum atomic E-state index is 12.3. The van der Waals surface area contributed by atoms with Gasteiger partial charge < -0.3 is 15.1 Å². The number of carbonyl (C=O) groups excluding carboxylic acids is 2. The number of hydrogen-bond donors (Lipinski definition) is 2. The van der Waals surface area contributed by atoms with Crippen molar-refractivity contribution in [3.63, 3.8) is 0 Å². The van der Waals surface area contributed by atoms with Crippen LogP contribution in [0.2, 0.25) is 0 Å². The molecular weight excluding hydrogens is 378 g/mol. The Bertz CT molecular complexity index is 1000. The van der Waals surface area contributed by atoms with Gasteiger partial charge in [-0.15, -0.1) is 0 Å². The number of amides is 2. The summed E-state index contributed by atoms with van der Waals surface area (Å²) in [6.45, 7) is 5.56. The molecule has 3 rings (SSSR count). The lowest BCUT2D eigenvalue weighted by Crippen LogP contribution is -2.27. The third-order valence-electron chi connectivity index (χ3n) is 4.49. The number of benzene rings is 2. The number of hydrogen-bond acceptors (Lipinski definition) is 4. The molecule has 0 saturated carbocycles. The first-order chi connectivity index (χ1) is 14.3. The number of aryl methyl sites for hydroxylation is 1. The fraction of sp³-hybridized carbons (Fsp3) is 0.292. The van der Waals surface area contributed by atoms with Crippen molar-refractivity contribution in [3.8, 4) is 11.3 Å². The molecular formula is C24H27N3O3. The lowest BCUT2D eigenvalue weighted by Gasteiger charge is -2.18. The number of oxazole rings is 1. The van der Waals surface area contributed by atoms with Crippen molar-refractivity contribution in [3.05, 3.63) is 66.7 Å². The molecule has 0 radical (unpaired) electrons. The molecule has 2 amide bonds. The van der Waals surface area contributed by atoms with E-state index in [4.69, 9.17) is 4.42 Å². The van der Waals surface area contributed by atoms with Crippen LogP contribution in [0.4, 0.5) is 11.4 Å². The first-order valence-electron chi connectivity index (χ1n) is 10.0. The Morgan fingerprint density at radius 1 is 0.967 bits per heavy atom. The van der Waals surface area contributed by atoms with Crippen molar-refractivity contribution in [2.75, 3.05) is 10.6 Å². The summed E-state index contributed by atoms with van der Waals surface area (Å²) >= 11 is 0. The van der Waals surface area contributed by atoms with E-state index in [2.05, 4.69) is 15.6 Å². The zero-order chi connectivity index (χ0) is 21.6. The van der Waals surface area contributed by atoms with Crippen molar-refractivity contribution < 1.29 is 14.0 Å². The van der Waals surface area contributed by atoms with Crippen LogP contribution in [0.3, 0.4) is 0 Å². The maximum Gasteiger partial charge on any atom is 0.229 e. The first kappa shape index (κ1) is 21.3. The minimum Gasteiger partial charge on any atom is -0.441 e. The summed E-state index contributed by atoms with van der Waals surface area (Å²) in [5.74, 6) is 1.17. The summed E-state index contributed by atoms with van der Waals surface area (Å²) < 4.78 is 5.77. The van der Waals surface area contributed by atoms with Gasteiger partial charge in [-0.25, -0.2) is 4.98 Å². The van der Waals surface area contributed by atoms with Crippen molar-refractivity contribution in [1.29, 1.82) is 0 Å². The normalized spacial score (nSPS) is 11.2. The maximum absolute atomic E-state index is 12.3. The standard InChI is InChI=1S/C24H27N3O3/c1-24(2,3)23(29)27-19-12-7-11-18(15-19)26-21(28)13-8-14-22-25-16-20(30-22)17-9-5-4-6-10-17/h4-7,9-12,15-16H,8,13-14H2,1-3H3,(H,26,28)(H,27,29). The number of anilines is 2. The zero-order valence-electron chi connectivity index (χ0n) is 17.6. The van der Waals surface area contributed by atoms with Crippen LogP contribution < -0.4 is 10.6 Å². The third kappa shape index (κ3) is 6.04. The Kier molecular flexibility index (Phi) is 6.67. The van der Waals surface area contributed by atoms with E-state index in [0.29, 0.717) is 36.5 Å². The fourth-order valence-electron chi connectivity index (χ4n) is 2.78. The zero-order valence-corrected chi connectivity index (χ0v) is 17.6. The molecule has 3 aromatic rings. The van der Waals surface area contributed by atoms with E-state index in [9.17, 15) is 9.59 Å². The van der Waals surface area contributed by atoms with E-state index < -0.39 is 5.41 Å². The summed E-state index contributed by atoms with van der Waals surface area (Å²) in [4.78, 5) is 28.7. The van der Waals surface area contributed by atoms with E-state index in [1.54, 1.807) is 30.5 Å². The second-order valence-corrected chi connectivity index (χ2v) is 8.17. The summed E-state index contributed by atoms with van der Waals surface area (Å²) in [6, 6.07) is 16.9. The Hall–Kier alpha value is -3.41. The average Bonchev–Trinajstić information content (AvgIpc) is 3.17. The van der Waals surface area contributed by atoms with Crippen molar-refractivity contribution >= 4 is 23.2 Å². The summed E-state index contributed by atoms with van der Waals surface area (Å²) in [7, 11) is 0. The number of nitrogens with one attached hydrogen (secondary N) is 2. The number of nitrogens with zero attached hydrogens (tertiary/aromatic N) is 1. The predicted molar refractivity (Wildman–Crippen MR) is 118 cm³/mol. The molecule has 1 aromatic heterocycles. The van der Waals surface area contributed by atoms with Gasteiger partial charge in [0.05, 0.1) is 6.20 Å². The molecule has 156 valence electrons. The second-order valence-electron chi connectivity index (χ2n) is 8.17. The van der Waals surface area contributed by atoms with Gasteiger partial charge in [0.2, 0.25) is 11.8 Å². The molecule has 0 bridgehead atoms. The lowest BCUT2D eigenvalue weighted by molar-refractivity contribution is -0.123. The predicted octanol–water partition coefficient (Wildman–Crippen LogP) is 5.29. The third-order valence-corrected chi connectivity index (χ3v) is 4.49. The van der Waals surface area contributed by atoms with E-state index in [1.165, 1.54) is 0 Å². The summed E-state index contributed by atoms with van der Waals surface area (Å²) in [6.07, 6.45) is 3.27. The van der Waals surface area contributed by atoms with Crippen molar-refractivity contribution in [2.45, 2.75) is 40.0 Å². The van der Waals surface area contributed by atoms with Crippen LogP contribution in [0, 0.1) is 5.41 Å². The van der Waals surface area contributed by atoms with Crippen LogP contribution in [0.25, 0.3) is 11.3 Å². The van der Waals surface area contributed by atoms with Gasteiger partial charge in [0.15, 0.2) is 11.7 Å². The average molecular weight is 405 g/mol. The van der Waals surface area contributed by atoms with Crippen LogP contribution in [-0.4, -0.2) is 16.8 Å². The molecule has 1 heterocycles. The van der Waals surface area contributed by atoms with Crippen molar-refractivity contribution in [2.24, 2.45) is 5.41 Å². The van der Waals surface area contributed by atoms with Gasteiger partial charge in [-0.3, -0.25) is 9.59 Å². The summed E-state index contributed by atoms with van der Waals surface area (Å²) in [5.41, 5.74) is 1.79. The molecule has 0 unspecified atom stereocenters. The number of aromatic nitrogens is 1. The van der Waals surface area contributed by atoms with Gasteiger partial charge in [0.1, 0.15) is 0 Å². The molecule has 6 nitrogen and oxygen atoms in total. The lowest BCUT2D eigenvalue weighted by atomic mass is 9.95. The van der Waals surface area contributed by atoms with Gasteiger partial charge in [-0.1, -0.05) is 57.2 Å². The molecule has 2 N–H and O–H groups in total. The molecule has 0 spiro atoms. The largest absolute Gasteiger partial charge is 0.441 e. The Labute approximate surface area is 176 Å². The van der Waals surface area contributed by atoms with Gasteiger partial charge in [0.25, 0.3) is 0 Å². The summed E-state index contributed by atoms with van der Waals surface area (Å²) in [5, 5.41) is 5.74. The van der Waals surface area contributed by atoms with Crippen molar-refractivity contribution in [1.82, 2.24) is 4.98 Å². The second kappa shape index (κ2) is 9.39. The minimum absolute atomic E-state index is 0.0770. The smallest absolute Gasteiger partial charge is 0.229 e. The minimum atomic E-state index is -0.487. The molecule has 0 aliphatic heterocycles. The van der Waals surface area contributed by atoms with Crippen LogP contribution in [0.5, 0.6) is 0 Å². The molecule has 0 aliphatic rings. The highest BCUT2D eigenvalue weighted by atomic mass is 16.4. The molecule has 30 heavy (non-hydrogen) atoms. The molecule has 0 atom stereocenters. The quantitative estimate of drug-likeness (QED) is 0.559. The molecule has 2 aromatic carbocycles. The van der Waals surface area contributed by atoms with Gasteiger partial charge in [-0.2, -0.15) is 0 Å². The van der Waals surface area contributed by atoms with Crippen LogP contribution in [0.15, 0.2) is 65.2 Å². The fourth-order valence-corrected chi connectivity index (χ4v) is 2.78. The number of carbonyl (C=O) groups is 2. The van der Waals surface area contributed by atoms with E-state index in [0.717, 1.165) is 11.3 Å². The Balaban J connectivity index is 1.48. The Morgan fingerprint density at radius 2 is 1.67 bits per heavy atom. The first-order valence-corrected chi connectivity index (χ1v) is 10.0. The van der Waals surface area contributed by atoms with E-state index >= 15 is 0 Å². The van der Waals surface area contributed by atoms with Crippen LogP contribution >= 0.6 is 0 Å².